The van der Waals surface area contributed by atoms with Crippen LogP contribution in [0.15, 0.2) is 47.5 Å². The maximum Gasteiger partial charge on any atom is 0.254 e. The Labute approximate surface area is 162 Å². The van der Waals surface area contributed by atoms with E-state index in [1.807, 2.05) is 12.1 Å². The summed E-state index contributed by atoms with van der Waals surface area (Å²) in [4.78, 5) is 30.5. The van der Waals surface area contributed by atoms with Crippen LogP contribution in [-0.2, 0) is 21.1 Å². The molecule has 0 radical (unpaired) electrons. The molecule has 4 heterocycles. The van der Waals surface area contributed by atoms with Gasteiger partial charge in [0.2, 0.25) is 5.91 Å². The quantitative estimate of drug-likeness (QED) is 0.786. The van der Waals surface area contributed by atoms with E-state index in [0.717, 1.165) is 5.56 Å². The number of likely N-dealkylation sites (tertiary alicyclic amines) is 1. The van der Waals surface area contributed by atoms with Gasteiger partial charge in [-0.15, -0.1) is 0 Å². The van der Waals surface area contributed by atoms with Gasteiger partial charge in [0.15, 0.2) is 9.84 Å². The number of rotatable bonds is 5. The van der Waals surface area contributed by atoms with Gasteiger partial charge in [0.1, 0.15) is 6.26 Å². The van der Waals surface area contributed by atoms with E-state index in [9.17, 15) is 18.0 Å². The Bertz CT molecular complexity index is 959. The first kappa shape index (κ1) is 18.7. The van der Waals surface area contributed by atoms with Crippen LogP contribution in [-0.4, -0.2) is 60.3 Å². The van der Waals surface area contributed by atoms with Crippen LogP contribution in [0.1, 0.15) is 22.3 Å². The summed E-state index contributed by atoms with van der Waals surface area (Å²) < 4.78 is 30.0. The Kier molecular flexibility index (Phi) is 4.92. The van der Waals surface area contributed by atoms with E-state index in [1.165, 1.54) is 18.6 Å². The van der Waals surface area contributed by atoms with Crippen molar-refractivity contribution in [3.8, 4) is 0 Å². The summed E-state index contributed by atoms with van der Waals surface area (Å²) >= 11 is 0. The van der Waals surface area contributed by atoms with E-state index >= 15 is 0 Å². The Morgan fingerprint density at radius 2 is 2.14 bits per heavy atom. The lowest BCUT2D eigenvalue weighted by atomic mass is 10.0. The lowest BCUT2D eigenvalue weighted by molar-refractivity contribution is -0.130. The number of nitrogens with one attached hydrogen (secondary N) is 1. The summed E-state index contributed by atoms with van der Waals surface area (Å²) in [5, 5.41) is 2.18. The van der Waals surface area contributed by atoms with E-state index < -0.39 is 21.1 Å². The summed E-state index contributed by atoms with van der Waals surface area (Å²) in [6.07, 6.45) is 6.97. The third kappa shape index (κ3) is 3.66. The molecule has 8 nitrogen and oxygen atoms in total. The lowest BCUT2D eigenvalue weighted by Gasteiger charge is -2.21. The number of aromatic nitrogens is 1. The highest BCUT2D eigenvalue weighted by atomic mass is 32.2. The van der Waals surface area contributed by atoms with Gasteiger partial charge < -0.3 is 14.6 Å². The van der Waals surface area contributed by atoms with Crippen LogP contribution in [0, 0.1) is 5.92 Å². The summed E-state index contributed by atoms with van der Waals surface area (Å²) in [5.41, 5.74) is 1.32. The van der Waals surface area contributed by atoms with Gasteiger partial charge in [-0.1, -0.05) is 6.07 Å². The van der Waals surface area contributed by atoms with Crippen molar-refractivity contribution in [2.24, 2.45) is 5.92 Å². The zero-order valence-corrected chi connectivity index (χ0v) is 16.0. The van der Waals surface area contributed by atoms with E-state index in [4.69, 9.17) is 4.42 Å². The fraction of sp³-hybridized carbons (Fsp3) is 0.421. The number of hydrogen-bond acceptors (Lipinski definition) is 6. The third-order valence-electron chi connectivity index (χ3n) is 5.50. The van der Waals surface area contributed by atoms with Crippen LogP contribution >= 0.6 is 0 Å². The molecule has 0 aliphatic carbocycles. The molecule has 28 heavy (non-hydrogen) atoms. The first-order valence-electron chi connectivity index (χ1n) is 9.15. The maximum absolute atomic E-state index is 12.6. The van der Waals surface area contributed by atoms with Gasteiger partial charge in [0.25, 0.3) is 5.91 Å². The normalized spacial score (nSPS) is 25.4. The predicted molar refractivity (Wildman–Crippen MR) is 100 cm³/mol. The van der Waals surface area contributed by atoms with Crippen molar-refractivity contribution < 1.29 is 22.4 Å². The first-order chi connectivity index (χ1) is 13.4. The number of carbonyl (C=O) groups is 2. The molecule has 0 saturated carbocycles. The number of sulfone groups is 1. The van der Waals surface area contributed by atoms with Crippen molar-refractivity contribution in [1.82, 2.24) is 15.2 Å². The van der Waals surface area contributed by atoms with Crippen molar-refractivity contribution in [1.29, 1.82) is 0 Å². The number of hydrogen-bond donors (Lipinski definition) is 1. The number of aryl methyl sites for hydroxylation is 1. The third-order valence-corrected chi connectivity index (χ3v) is 7.75. The monoisotopic (exact) mass is 403 g/mol. The highest BCUT2D eigenvalue weighted by Crippen LogP contribution is 2.34. The predicted octanol–water partition coefficient (Wildman–Crippen LogP) is 0.661. The maximum atomic E-state index is 12.6. The summed E-state index contributed by atoms with van der Waals surface area (Å²) in [6.45, 7) is 0.531. The molecule has 2 amide bonds. The van der Waals surface area contributed by atoms with Crippen LogP contribution < -0.4 is 5.32 Å². The average molecular weight is 403 g/mol. The molecule has 3 atom stereocenters. The zero-order valence-electron chi connectivity index (χ0n) is 15.2. The number of amides is 2. The van der Waals surface area contributed by atoms with Crippen LogP contribution in [0.4, 0.5) is 0 Å². The molecular weight excluding hydrogens is 382 g/mol. The van der Waals surface area contributed by atoms with E-state index in [1.54, 1.807) is 17.3 Å². The number of nitrogens with zero attached hydrogens (tertiary/aromatic N) is 2. The Morgan fingerprint density at radius 3 is 2.86 bits per heavy atom. The number of fused-ring (bicyclic) bond motifs is 1. The van der Waals surface area contributed by atoms with Crippen molar-refractivity contribution in [2.75, 3.05) is 18.8 Å². The smallest absolute Gasteiger partial charge is 0.254 e. The Balaban J connectivity index is 1.40. The lowest BCUT2D eigenvalue weighted by Crippen LogP contribution is -2.42. The fourth-order valence-electron chi connectivity index (χ4n) is 4.02. The molecule has 4 rings (SSSR count). The van der Waals surface area contributed by atoms with Crippen molar-refractivity contribution in [3.63, 3.8) is 0 Å². The zero-order chi connectivity index (χ0) is 19.7. The molecule has 1 N–H and O–H groups in total. The largest absolute Gasteiger partial charge is 0.472 e. The van der Waals surface area contributed by atoms with E-state index in [2.05, 4.69) is 10.3 Å². The second-order valence-electron chi connectivity index (χ2n) is 7.28. The number of pyridine rings is 1. The van der Waals surface area contributed by atoms with Crippen LogP contribution in [0.5, 0.6) is 0 Å². The molecule has 2 fully saturated rings. The molecule has 0 unspecified atom stereocenters. The molecular formula is C19H21N3O5S. The summed E-state index contributed by atoms with van der Waals surface area (Å²) in [6, 6.07) is 4.75. The highest BCUT2D eigenvalue weighted by molar-refractivity contribution is 7.92. The number of carbonyl (C=O) groups excluding carboxylic acids is 2. The van der Waals surface area contributed by atoms with Gasteiger partial charge in [0, 0.05) is 43.9 Å². The molecule has 2 saturated heterocycles. The molecule has 0 spiro atoms. The minimum absolute atomic E-state index is 0.0756. The van der Waals surface area contributed by atoms with Gasteiger partial charge in [-0.2, -0.15) is 0 Å². The molecule has 2 aromatic heterocycles. The topological polar surface area (TPSA) is 110 Å². The second-order valence-corrected chi connectivity index (χ2v) is 9.55. The average Bonchev–Trinajstić information content (AvgIpc) is 3.39. The van der Waals surface area contributed by atoms with Crippen molar-refractivity contribution in [3.05, 3.63) is 54.2 Å². The fourth-order valence-corrected chi connectivity index (χ4v) is 6.31. The van der Waals surface area contributed by atoms with Crippen LogP contribution in [0.2, 0.25) is 0 Å². The van der Waals surface area contributed by atoms with Gasteiger partial charge >= 0.3 is 0 Å². The molecule has 2 aliphatic heterocycles. The number of furan rings is 1. The van der Waals surface area contributed by atoms with Gasteiger partial charge in [-0.3, -0.25) is 14.6 Å². The molecule has 148 valence electrons. The minimum atomic E-state index is -3.36. The summed E-state index contributed by atoms with van der Waals surface area (Å²) in [7, 11) is -3.36. The summed E-state index contributed by atoms with van der Waals surface area (Å²) in [5.74, 6) is -0.823. The first-order valence-corrected chi connectivity index (χ1v) is 10.9. The molecule has 0 bridgehead atoms. The molecule has 9 heteroatoms. The Hall–Kier alpha value is -2.68. The van der Waals surface area contributed by atoms with Gasteiger partial charge in [-0.25, -0.2) is 8.42 Å². The van der Waals surface area contributed by atoms with Crippen molar-refractivity contribution >= 4 is 21.7 Å². The van der Waals surface area contributed by atoms with Crippen LogP contribution in [0.25, 0.3) is 0 Å². The Morgan fingerprint density at radius 1 is 1.29 bits per heavy atom. The van der Waals surface area contributed by atoms with E-state index in [-0.39, 0.29) is 30.0 Å². The molecule has 2 aromatic rings. The van der Waals surface area contributed by atoms with Gasteiger partial charge in [-0.05, 0) is 24.1 Å². The van der Waals surface area contributed by atoms with Gasteiger partial charge in [0.05, 0.1) is 22.8 Å². The SMILES string of the molecule is O=C(N[C@@H]1CS(=O)(=O)[C@H]2CN(C(=O)CCc3cccnc3)C[C@@H]12)c1ccoc1. The molecule has 0 aromatic carbocycles. The molecule has 2 aliphatic rings. The van der Waals surface area contributed by atoms with Crippen LogP contribution in [0.3, 0.4) is 0 Å². The highest BCUT2D eigenvalue weighted by Gasteiger charge is 2.53. The standard InChI is InChI=1S/C19H21N3O5S/c23-18(4-3-13-2-1-6-20-8-13)22-9-15-16(12-28(25,26)17(15)10-22)21-19(24)14-5-7-27-11-14/h1-2,5-8,11,15-17H,3-4,9-10,12H2,(H,21,24)/t15-,16+,17-/m0/s1. The second kappa shape index (κ2) is 7.38. The minimum Gasteiger partial charge on any atom is -0.472 e. The van der Waals surface area contributed by atoms with E-state index in [0.29, 0.717) is 24.9 Å². The van der Waals surface area contributed by atoms with Crippen molar-refractivity contribution in [2.45, 2.75) is 24.1 Å².